The number of hydrogen-bond donors (Lipinski definition) is 0. The van der Waals surface area contributed by atoms with Crippen LogP contribution in [0.1, 0.15) is 41.0 Å². The molecule has 0 N–H and O–H groups in total. The highest BCUT2D eigenvalue weighted by Crippen LogP contribution is 2.19. The minimum Gasteiger partial charge on any atom is -0.337 e. The maximum atomic E-state index is 11.9. The normalized spacial score (nSPS) is 22.5. The van der Waals surface area contributed by atoms with Gasteiger partial charge in [-0.3, -0.25) is 9.69 Å². The number of carbonyl (C=O) groups is 1. The van der Waals surface area contributed by atoms with E-state index in [9.17, 15) is 4.79 Å². The first-order chi connectivity index (χ1) is 7.95. The van der Waals surface area contributed by atoms with E-state index in [-0.39, 0.29) is 0 Å². The van der Waals surface area contributed by atoms with Crippen molar-refractivity contribution in [3.8, 4) is 0 Å². The predicted molar refractivity (Wildman–Crippen MR) is 71.9 cm³/mol. The molecule has 100 valence electrons. The van der Waals surface area contributed by atoms with Crippen molar-refractivity contribution in [3.63, 3.8) is 0 Å². The van der Waals surface area contributed by atoms with E-state index in [2.05, 4.69) is 37.5 Å². The lowest BCUT2D eigenvalue weighted by Crippen LogP contribution is -2.57. The summed E-state index contributed by atoms with van der Waals surface area (Å²) in [6, 6.07) is 0.398. The molecule has 0 aromatic heterocycles. The smallest absolute Gasteiger partial charge is 0.222 e. The Morgan fingerprint density at radius 2 is 1.88 bits per heavy atom. The largest absolute Gasteiger partial charge is 0.337 e. The van der Waals surface area contributed by atoms with Gasteiger partial charge in [-0.2, -0.15) is 0 Å². The minimum absolute atomic E-state index is 0.313. The van der Waals surface area contributed by atoms with Crippen LogP contribution in [0.3, 0.4) is 0 Å². The second-order valence-electron chi connectivity index (χ2n) is 5.91. The van der Waals surface area contributed by atoms with Gasteiger partial charge in [-0.1, -0.05) is 34.6 Å². The lowest BCUT2D eigenvalue weighted by atomic mass is 9.98. The van der Waals surface area contributed by atoms with E-state index >= 15 is 0 Å². The van der Waals surface area contributed by atoms with Gasteiger partial charge >= 0.3 is 0 Å². The second-order valence-corrected chi connectivity index (χ2v) is 5.91. The van der Waals surface area contributed by atoms with Crippen LogP contribution in [0.5, 0.6) is 0 Å². The number of nitrogens with zero attached hydrogens (tertiary/aromatic N) is 2. The summed E-state index contributed by atoms with van der Waals surface area (Å²) in [5.41, 5.74) is 0. The Morgan fingerprint density at radius 1 is 1.24 bits per heavy atom. The molecule has 3 nitrogen and oxygen atoms in total. The molecule has 1 saturated heterocycles. The Balaban J connectivity index is 2.64. The maximum Gasteiger partial charge on any atom is 0.222 e. The van der Waals surface area contributed by atoms with Gasteiger partial charge in [0.15, 0.2) is 0 Å². The van der Waals surface area contributed by atoms with Gasteiger partial charge in [-0.25, -0.2) is 0 Å². The lowest BCUT2D eigenvalue weighted by molar-refractivity contribution is -0.137. The summed E-state index contributed by atoms with van der Waals surface area (Å²) >= 11 is 0. The fourth-order valence-electron chi connectivity index (χ4n) is 2.64. The summed E-state index contributed by atoms with van der Waals surface area (Å²) in [5.74, 6) is 1.56. The monoisotopic (exact) mass is 240 g/mol. The molecule has 1 heterocycles. The van der Waals surface area contributed by atoms with Gasteiger partial charge in [-0.05, 0) is 11.8 Å². The van der Waals surface area contributed by atoms with Crippen molar-refractivity contribution in [3.05, 3.63) is 0 Å². The first-order valence-corrected chi connectivity index (χ1v) is 6.97. The van der Waals surface area contributed by atoms with E-state index < -0.39 is 0 Å². The van der Waals surface area contributed by atoms with E-state index in [0.717, 1.165) is 26.2 Å². The van der Waals surface area contributed by atoms with Crippen molar-refractivity contribution >= 4 is 5.91 Å². The molecule has 0 saturated carbocycles. The zero-order valence-corrected chi connectivity index (χ0v) is 12.1. The highest BCUT2D eigenvalue weighted by atomic mass is 16.2. The first-order valence-electron chi connectivity index (χ1n) is 6.97. The van der Waals surface area contributed by atoms with Crippen LogP contribution in [-0.4, -0.2) is 47.9 Å². The summed E-state index contributed by atoms with van der Waals surface area (Å²) in [4.78, 5) is 16.5. The Kier molecular flexibility index (Phi) is 5.44. The van der Waals surface area contributed by atoms with Gasteiger partial charge in [-0.15, -0.1) is 0 Å². The number of piperazine rings is 1. The zero-order valence-electron chi connectivity index (χ0n) is 12.1. The van der Waals surface area contributed by atoms with Crippen LogP contribution in [0.25, 0.3) is 0 Å². The number of amides is 1. The molecule has 1 amide bonds. The van der Waals surface area contributed by atoms with E-state index in [1.807, 2.05) is 6.92 Å². The van der Waals surface area contributed by atoms with Crippen molar-refractivity contribution < 1.29 is 4.79 Å². The van der Waals surface area contributed by atoms with Gasteiger partial charge in [0, 0.05) is 38.6 Å². The topological polar surface area (TPSA) is 23.6 Å². The van der Waals surface area contributed by atoms with Crippen LogP contribution in [0.15, 0.2) is 0 Å². The Bertz CT molecular complexity index is 251. The molecule has 1 atom stereocenters. The number of carbonyl (C=O) groups excluding carboxylic acids is 1. The molecular weight excluding hydrogens is 212 g/mol. The van der Waals surface area contributed by atoms with Gasteiger partial charge in [0.1, 0.15) is 0 Å². The standard InChI is InChI=1S/C14H28N2O/c1-6-14(17)16-8-7-15(9-11(2)3)10-13(16)12(4)5/h11-13H,6-10H2,1-5H3/t13-/m0/s1. The quantitative estimate of drug-likeness (QED) is 0.752. The van der Waals surface area contributed by atoms with Crippen LogP contribution >= 0.6 is 0 Å². The van der Waals surface area contributed by atoms with Crippen molar-refractivity contribution in [1.29, 1.82) is 0 Å². The van der Waals surface area contributed by atoms with Gasteiger partial charge in [0.05, 0.1) is 0 Å². The second kappa shape index (κ2) is 6.39. The van der Waals surface area contributed by atoms with Crippen LogP contribution in [0.2, 0.25) is 0 Å². The highest BCUT2D eigenvalue weighted by Gasteiger charge is 2.31. The van der Waals surface area contributed by atoms with E-state index in [1.165, 1.54) is 0 Å². The molecule has 1 aliphatic rings. The summed E-state index contributed by atoms with van der Waals surface area (Å²) in [6.07, 6.45) is 0.632. The van der Waals surface area contributed by atoms with Crippen LogP contribution in [0.4, 0.5) is 0 Å². The van der Waals surface area contributed by atoms with Gasteiger partial charge in [0.25, 0.3) is 0 Å². The van der Waals surface area contributed by atoms with Gasteiger partial charge < -0.3 is 4.90 Å². The van der Waals surface area contributed by atoms with Crippen LogP contribution < -0.4 is 0 Å². The Hall–Kier alpha value is -0.570. The lowest BCUT2D eigenvalue weighted by Gasteiger charge is -2.44. The fourth-order valence-corrected chi connectivity index (χ4v) is 2.64. The molecule has 0 aromatic rings. The minimum atomic E-state index is 0.313. The summed E-state index contributed by atoms with van der Waals surface area (Å²) < 4.78 is 0. The van der Waals surface area contributed by atoms with E-state index in [0.29, 0.717) is 30.2 Å². The third-order valence-electron chi connectivity index (χ3n) is 3.52. The van der Waals surface area contributed by atoms with Gasteiger partial charge in [0.2, 0.25) is 5.91 Å². The maximum absolute atomic E-state index is 11.9. The molecule has 0 aliphatic carbocycles. The molecule has 0 bridgehead atoms. The van der Waals surface area contributed by atoms with Crippen molar-refractivity contribution in [1.82, 2.24) is 9.80 Å². The average molecular weight is 240 g/mol. The van der Waals surface area contributed by atoms with Crippen molar-refractivity contribution in [2.75, 3.05) is 26.2 Å². The van der Waals surface area contributed by atoms with Crippen molar-refractivity contribution in [2.24, 2.45) is 11.8 Å². The molecule has 0 aromatic carbocycles. The molecule has 1 fully saturated rings. The SMILES string of the molecule is CCC(=O)N1CCN(CC(C)C)C[C@H]1C(C)C. The fraction of sp³-hybridized carbons (Fsp3) is 0.929. The van der Waals surface area contributed by atoms with Crippen LogP contribution in [-0.2, 0) is 4.79 Å². The third-order valence-corrected chi connectivity index (χ3v) is 3.52. The third kappa shape index (κ3) is 3.98. The zero-order chi connectivity index (χ0) is 13.0. The molecule has 0 radical (unpaired) electrons. The molecule has 0 unspecified atom stereocenters. The summed E-state index contributed by atoms with van der Waals surface area (Å²) in [5, 5.41) is 0. The molecule has 1 aliphatic heterocycles. The Labute approximate surface area is 106 Å². The Morgan fingerprint density at radius 3 is 2.35 bits per heavy atom. The average Bonchev–Trinajstić information content (AvgIpc) is 2.27. The molecule has 3 heteroatoms. The molecular formula is C14H28N2O. The molecule has 1 rings (SSSR count). The molecule has 17 heavy (non-hydrogen) atoms. The van der Waals surface area contributed by atoms with Crippen molar-refractivity contribution in [2.45, 2.75) is 47.1 Å². The summed E-state index contributed by atoms with van der Waals surface area (Å²) in [6.45, 7) is 15.1. The first kappa shape index (κ1) is 14.5. The summed E-state index contributed by atoms with van der Waals surface area (Å²) in [7, 11) is 0. The highest BCUT2D eigenvalue weighted by molar-refractivity contribution is 5.76. The number of hydrogen-bond acceptors (Lipinski definition) is 2. The van der Waals surface area contributed by atoms with E-state index in [4.69, 9.17) is 0 Å². The predicted octanol–water partition coefficient (Wildman–Crippen LogP) is 2.22. The number of rotatable bonds is 4. The molecule has 0 spiro atoms. The van der Waals surface area contributed by atoms with Crippen LogP contribution in [0, 0.1) is 11.8 Å². The van der Waals surface area contributed by atoms with E-state index in [1.54, 1.807) is 0 Å².